The smallest absolute Gasteiger partial charge is 0.194 e. The topological polar surface area (TPSA) is 63.3 Å². The van der Waals surface area contributed by atoms with Crippen molar-refractivity contribution >= 4 is 23.5 Å². The maximum atomic E-state index is 6.05. The summed E-state index contributed by atoms with van der Waals surface area (Å²) in [6.45, 7) is 2.85. The number of guanidine groups is 1. The minimum atomic E-state index is 0.158. The number of nitrogens with one attached hydrogen (secondary N) is 1. The predicted molar refractivity (Wildman–Crippen MR) is 103 cm³/mol. The van der Waals surface area contributed by atoms with Crippen LogP contribution in [0, 0.1) is 6.92 Å². The Labute approximate surface area is 148 Å². The fourth-order valence-electron chi connectivity index (χ4n) is 3.00. The Morgan fingerprint density at radius 1 is 1.21 bits per heavy atom. The first-order valence-corrected chi connectivity index (χ1v) is 9.21. The molecule has 1 fully saturated rings. The monoisotopic (exact) mass is 340 g/mol. The van der Waals surface area contributed by atoms with Gasteiger partial charge in [-0.25, -0.2) is 4.98 Å². The lowest BCUT2D eigenvalue weighted by atomic mass is 10.1. The molecule has 0 saturated heterocycles. The molecule has 3 rings (SSSR count). The zero-order chi connectivity index (χ0) is 16.8. The van der Waals surface area contributed by atoms with E-state index in [9.17, 15) is 0 Å². The third-order valence-electron chi connectivity index (χ3n) is 4.33. The van der Waals surface area contributed by atoms with E-state index in [-0.39, 0.29) is 4.75 Å². The van der Waals surface area contributed by atoms with Crippen LogP contribution in [0.15, 0.2) is 58.5 Å². The lowest BCUT2D eigenvalue weighted by Gasteiger charge is -2.26. The highest BCUT2D eigenvalue weighted by atomic mass is 32.2. The van der Waals surface area contributed by atoms with Crippen LogP contribution in [0.3, 0.4) is 0 Å². The number of aryl methyl sites for hydroxylation is 1. The molecule has 2 aromatic rings. The van der Waals surface area contributed by atoms with E-state index in [4.69, 9.17) is 5.73 Å². The fourth-order valence-corrected chi connectivity index (χ4v) is 4.40. The van der Waals surface area contributed by atoms with Gasteiger partial charge in [0, 0.05) is 15.8 Å². The lowest BCUT2D eigenvalue weighted by molar-refractivity contribution is 0.620. The summed E-state index contributed by atoms with van der Waals surface area (Å²) in [5.74, 6) is 1.16. The molecule has 126 valence electrons. The van der Waals surface area contributed by atoms with E-state index in [0.717, 1.165) is 12.4 Å². The first-order chi connectivity index (χ1) is 11.7. The summed E-state index contributed by atoms with van der Waals surface area (Å²) in [7, 11) is 0. The summed E-state index contributed by atoms with van der Waals surface area (Å²) >= 11 is 1.95. The quantitative estimate of drug-likeness (QED) is 0.632. The van der Waals surface area contributed by atoms with Gasteiger partial charge in [0.25, 0.3) is 0 Å². The van der Waals surface area contributed by atoms with Crippen LogP contribution in [0.25, 0.3) is 0 Å². The van der Waals surface area contributed by atoms with Crippen molar-refractivity contribution in [3.05, 3.63) is 54.2 Å². The molecule has 0 unspecified atom stereocenters. The average Bonchev–Trinajstić information content (AvgIpc) is 3.05. The summed E-state index contributed by atoms with van der Waals surface area (Å²) in [6, 6.07) is 14.4. The van der Waals surface area contributed by atoms with Gasteiger partial charge in [0.1, 0.15) is 5.82 Å². The van der Waals surface area contributed by atoms with E-state index < -0.39 is 0 Å². The van der Waals surface area contributed by atoms with Gasteiger partial charge in [-0.3, -0.25) is 4.99 Å². The first kappa shape index (κ1) is 16.8. The van der Waals surface area contributed by atoms with Crippen LogP contribution in [0.5, 0.6) is 0 Å². The summed E-state index contributed by atoms with van der Waals surface area (Å²) in [4.78, 5) is 10.1. The van der Waals surface area contributed by atoms with Gasteiger partial charge in [0.05, 0.1) is 6.54 Å². The molecule has 4 nitrogen and oxygen atoms in total. The van der Waals surface area contributed by atoms with Crippen LogP contribution in [0.1, 0.15) is 31.2 Å². The largest absolute Gasteiger partial charge is 0.370 e. The number of nitrogens with two attached hydrogens (primary N) is 1. The van der Waals surface area contributed by atoms with Crippen molar-refractivity contribution in [3.63, 3.8) is 0 Å². The highest BCUT2D eigenvalue weighted by Gasteiger charge is 2.34. The molecular weight excluding hydrogens is 316 g/mol. The van der Waals surface area contributed by atoms with Crippen LogP contribution in [0.4, 0.5) is 5.82 Å². The molecular formula is C19H24N4S. The maximum Gasteiger partial charge on any atom is 0.194 e. The van der Waals surface area contributed by atoms with Crippen LogP contribution >= 0.6 is 11.8 Å². The molecule has 0 aliphatic heterocycles. The van der Waals surface area contributed by atoms with E-state index in [1.54, 1.807) is 6.20 Å². The van der Waals surface area contributed by atoms with E-state index in [1.165, 1.54) is 36.1 Å². The maximum absolute atomic E-state index is 6.05. The molecule has 0 bridgehead atoms. The zero-order valence-electron chi connectivity index (χ0n) is 14.0. The van der Waals surface area contributed by atoms with Gasteiger partial charge in [-0.1, -0.05) is 36.6 Å². The Balaban J connectivity index is 1.67. The van der Waals surface area contributed by atoms with Gasteiger partial charge in [-0.05, 0) is 44.0 Å². The van der Waals surface area contributed by atoms with Crippen LogP contribution in [0.2, 0.25) is 0 Å². The van der Waals surface area contributed by atoms with Gasteiger partial charge in [0.15, 0.2) is 5.96 Å². The molecule has 1 saturated carbocycles. The number of thioether (sulfide) groups is 1. The Hall–Kier alpha value is -2.01. The summed E-state index contributed by atoms with van der Waals surface area (Å²) in [5.41, 5.74) is 7.34. The number of hydrogen-bond acceptors (Lipinski definition) is 3. The second-order valence-electron chi connectivity index (χ2n) is 6.35. The van der Waals surface area contributed by atoms with Crippen molar-refractivity contribution in [2.45, 2.75) is 42.2 Å². The van der Waals surface area contributed by atoms with Crippen molar-refractivity contribution in [1.29, 1.82) is 0 Å². The Morgan fingerprint density at radius 3 is 2.62 bits per heavy atom. The molecule has 1 aliphatic carbocycles. The van der Waals surface area contributed by atoms with Crippen molar-refractivity contribution in [3.8, 4) is 0 Å². The predicted octanol–water partition coefficient (Wildman–Crippen LogP) is 4.22. The number of benzene rings is 1. The third kappa shape index (κ3) is 4.51. The molecule has 5 heteroatoms. The fraction of sp³-hybridized carbons (Fsp3) is 0.368. The minimum Gasteiger partial charge on any atom is -0.370 e. The molecule has 1 aromatic heterocycles. The molecule has 1 aromatic carbocycles. The SMILES string of the molecule is Cc1ccc(SC2(CN=C(N)Nc3ccccn3)CCCC2)cc1. The number of hydrogen-bond donors (Lipinski definition) is 2. The second kappa shape index (κ2) is 7.71. The average molecular weight is 340 g/mol. The number of anilines is 1. The number of aromatic nitrogens is 1. The Bertz CT molecular complexity index is 676. The first-order valence-electron chi connectivity index (χ1n) is 8.39. The molecule has 0 radical (unpaired) electrons. The molecule has 24 heavy (non-hydrogen) atoms. The van der Waals surface area contributed by atoms with Gasteiger partial charge in [-0.2, -0.15) is 0 Å². The second-order valence-corrected chi connectivity index (χ2v) is 7.89. The number of nitrogens with zero attached hydrogens (tertiary/aromatic N) is 2. The van der Waals surface area contributed by atoms with Gasteiger partial charge < -0.3 is 11.1 Å². The standard InChI is InChI=1S/C19H24N4S/c1-15-7-9-16(10-8-15)24-19(11-3-4-12-19)14-22-18(20)23-17-6-2-5-13-21-17/h2,5-10,13H,3-4,11-12,14H2,1H3,(H3,20,21,22,23). The van der Waals surface area contributed by atoms with Crippen molar-refractivity contribution in [1.82, 2.24) is 4.98 Å². The van der Waals surface area contributed by atoms with E-state index in [1.807, 2.05) is 30.0 Å². The number of aliphatic imine (C=N–C) groups is 1. The van der Waals surface area contributed by atoms with Crippen molar-refractivity contribution in [2.75, 3.05) is 11.9 Å². The van der Waals surface area contributed by atoms with E-state index in [2.05, 4.69) is 46.5 Å². The molecule has 1 aliphatic rings. The lowest BCUT2D eigenvalue weighted by Crippen LogP contribution is -2.29. The normalized spacial score (nSPS) is 17.0. The summed E-state index contributed by atoms with van der Waals surface area (Å²) < 4.78 is 0.158. The van der Waals surface area contributed by atoms with Crippen molar-refractivity contribution in [2.24, 2.45) is 10.7 Å². The number of rotatable bonds is 5. The van der Waals surface area contributed by atoms with E-state index >= 15 is 0 Å². The van der Waals surface area contributed by atoms with Crippen LogP contribution < -0.4 is 11.1 Å². The summed E-state index contributed by atoms with van der Waals surface area (Å²) in [5, 5.41) is 3.06. The van der Waals surface area contributed by atoms with Gasteiger partial charge in [0.2, 0.25) is 0 Å². The molecule has 0 amide bonds. The molecule has 3 N–H and O–H groups in total. The minimum absolute atomic E-state index is 0.158. The highest BCUT2D eigenvalue weighted by Crippen LogP contribution is 2.45. The summed E-state index contributed by atoms with van der Waals surface area (Å²) in [6.07, 6.45) is 6.64. The Morgan fingerprint density at radius 2 is 1.96 bits per heavy atom. The molecule has 0 atom stereocenters. The zero-order valence-corrected chi connectivity index (χ0v) is 14.9. The van der Waals surface area contributed by atoms with Crippen LogP contribution in [-0.4, -0.2) is 22.2 Å². The van der Waals surface area contributed by atoms with Gasteiger partial charge >= 0.3 is 0 Å². The Kier molecular flexibility index (Phi) is 5.41. The third-order valence-corrected chi connectivity index (χ3v) is 5.81. The van der Waals surface area contributed by atoms with Crippen molar-refractivity contribution < 1.29 is 0 Å². The highest BCUT2D eigenvalue weighted by molar-refractivity contribution is 8.00. The molecule has 1 heterocycles. The van der Waals surface area contributed by atoms with Gasteiger partial charge in [-0.15, -0.1) is 11.8 Å². The van der Waals surface area contributed by atoms with E-state index in [0.29, 0.717) is 5.96 Å². The van der Waals surface area contributed by atoms with Crippen LogP contribution in [-0.2, 0) is 0 Å². The number of pyridine rings is 1. The molecule has 0 spiro atoms.